The number of aromatic hydroxyl groups is 1. The van der Waals surface area contributed by atoms with Gasteiger partial charge in [-0.2, -0.15) is 0 Å². The molecule has 1 unspecified atom stereocenters. The van der Waals surface area contributed by atoms with E-state index in [-0.39, 0.29) is 28.3 Å². The summed E-state index contributed by atoms with van der Waals surface area (Å²) in [5.41, 5.74) is 0.790. The highest BCUT2D eigenvalue weighted by atomic mass is 79.9. The van der Waals surface area contributed by atoms with Gasteiger partial charge in [-0.3, -0.25) is 14.5 Å². The molecule has 0 saturated carbocycles. The predicted molar refractivity (Wildman–Crippen MR) is 123 cm³/mol. The fourth-order valence-electron chi connectivity index (χ4n) is 3.70. The molecular weight excluding hydrogens is 552 g/mol. The van der Waals surface area contributed by atoms with Crippen LogP contribution in [0.25, 0.3) is 11.0 Å². The fraction of sp³-hybridized carbons (Fsp3) is 0.0952. The van der Waals surface area contributed by atoms with E-state index < -0.39 is 11.9 Å². The van der Waals surface area contributed by atoms with E-state index in [1.165, 1.54) is 23.3 Å². The minimum atomic E-state index is -0.806. The van der Waals surface area contributed by atoms with Crippen molar-refractivity contribution in [2.45, 2.75) is 6.04 Å². The SMILES string of the molecule is COc1cc(C2c3c(oc4ccc(Br)cc4c3=O)C(=O)N2c2nccs2)cc(Br)c1O. The fourth-order valence-corrected chi connectivity index (χ4v) is 5.19. The Kier molecular flexibility index (Phi) is 4.87. The number of carbonyl (C=O) groups excluding carboxylic acids is 1. The molecule has 0 radical (unpaired) electrons. The van der Waals surface area contributed by atoms with E-state index in [2.05, 4.69) is 36.8 Å². The van der Waals surface area contributed by atoms with Crippen molar-refractivity contribution >= 4 is 65.2 Å². The van der Waals surface area contributed by atoms with Crippen molar-refractivity contribution in [1.29, 1.82) is 0 Å². The van der Waals surface area contributed by atoms with E-state index in [0.717, 1.165) is 4.47 Å². The number of anilines is 1. The van der Waals surface area contributed by atoms with Crippen molar-refractivity contribution in [2.75, 3.05) is 12.0 Å². The van der Waals surface area contributed by atoms with Crippen LogP contribution >= 0.6 is 43.2 Å². The first-order valence-corrected chi connectivity index (χ1v) is 11.4. The molecule has 0 fully saturated rings. The quantitative estimate of drug-likeness (QED) is 0.366. The summed E-state index contributed by atoms with van der Waals surface area (Å²) in [6.07, 6.45) is 1.59. The second-order valence-electron chi connectivity index (χ2n) is 6.76. The number of thiazole rings is 1. The van der Waals surface area contributed by atoms with Crippen LogP contribution in [0.15, 0.2) is 60.1 Å². The molecule has 2 aromatic heterocycles. The number of carbonyl (C=O) groups is 1. The lowest BCUT2D eigenvalue weighted by Gasteiger charge is -2.23. The first-order chi connectivity index (χ1) is 14.9. The molecule has 31 heavy (non-hydrogen) atoms. The second-order valence-corrected chi connectivity index (χ2v) is 9.40. The Labute approximate surface area is 196 Å². The summed E-state index contributed by atoms with van der Waals surface area (Å²) in [7, 11) is 1.43. The highest BCUT2D eigenvalue weighted by Crippen LogP contribution is 2.45. The van der Waals surface area contributed by atoms with Crippen LogP contribution in [0.5, 0.6) is 11.5 Å². The first kappa shape index (κ1) is 20.2. The number of amides is 1. The molecule has 0 spiro atoms. The molecule has 7 nitrogen and oxygen atoms in total. The number of nitrogens with zero attached hydrogens (tertiary/aromatic N) is 2. The summed E-state index contributed by atoms with van der Waals surface area (Å²) in [4.78, 5) is 32.7. The Hall–Kier alpha value is -2.69. The monoisotopic (exact) mass is 562 g/mol. The predicted octanol–water partition coefficient (Wildman–Crippen LogP) is 5.24. The normalized spacial score (nSPS) is 15.5. The standard InChI is InChI=1S/C21H12Br2N2O5S/c1-29-14-7-9(6-12(23)18(14)27)16-15-17(26)11-8-10(22)2-3-13(11)30-19(15)20(28)25(16)21-24-4-5-31-21/h2-8,16,27H,1H3. The van der Waals surface area contributed by atoms with Gasteiger partial charge in [-0.1, -0.05) is 15.9 Å². The summed E-state index contributed by atoms with van der Waals surface area (Å²) in [5, 5.41) is 12.8. The molecule has 10 heteroatoms. The average molecular weight is 564 g/mol. The molecule has 0 aliphatic carbocycles. The third-order valence-electron chi connectivity index (χ3n) is 5.04. The topological polar surface area (TPSA) is 92.9 Å². The van der Waals surface area contributed by atoms with E-state index in [0.29, 0.717) is 26.1 Å². The molecule has 1 aliphatic rings. The molecule has 1 aliphatic heterocycles. The van der Waals surface area contributed by atoms with Crippen LogP contribution in [0.3, 0.4) is 0 Å². The molecule has 5 rings (SSSR count). The van der Waals surface area contributed by atoms with E-state index >= 15 is 0 Å². The number of halogens is 2. The number of aromatic nitrogens is 1. The summed E-state index contributed by atoms with van der Waals surface area (Å²) in [5.74, 6) is -0.355. The molecule has 2 aromatic carbocycles. The van der Waals surface area contributed by atoms with Crippen molar-refractivity contribution in [3.63, 3.8) is 0 Å². The van der Waals surface area contributed by atoms with E-state index in [4.69, 9.17) is 9.15 Å². The number of benzene rings is 2. The van der Waals surface area contributed by atoms with Crippen LogP contribution in [-0.2, 0) is 0 Å². The van der Waals surface area contributed by atoms with Gasteiger partial charge in [0.15, 0.2) is 22.1 Å². The second kappa shape index (κ2) is 7.47. The molecule has 1 atom stereocenters. The van der Waals surface area contributed by atoms with Crippen LogP contribution in [0, 0.1) is 0 Å². The molecular formula is C21H12Br2N2O5S. The van der Waals surface area contributed by atoms with Crippen molar-refractivity contribution in [1.82, 2.24) is 4.98 Å². The Morgan fingerprint density at radius 2 is 2.03 bits per heavy atom. The van der Waals surface area contributed by atoms with Gasteiger partial charge >= 0.3 is 0 Å². The largest absolute Gasteiger partial charge is 0.503 e. The highest BCUT2D eigenvalue weighted by Gasteiger charge is 2.45. The van der Waals surface area contributed by atoms with Gasteiger partial charge in [-0.15, -0.1) is 11.3 Å². The molecule has 156 valence electrons. The molecule has 1 N–H and O–H groups in total. The maximum absolute atomic E-state index is 13.6. The zero-order valence-corrected chi connectivity index (χ0v) is 19.7. The molecule has 0 saturated heterocycles. The van der Waals surface area contributed by atoms with Crippen molar-refractivity contribution in [3.8, 4) is 11.5 Å². The van der Waals surface area contributed by atoms with E-state index in [1.807, 2.05) is 0 Å². The lowest BCUT2D eigenvalue weighted by Crippen LogP contribution is -2.29. The van der Waals surface area contributed by atoms with Gasteiger partial charge < -0.3 is 14.3 Å². The summed E-state index contributed by atoms with van der Waals surface area (Å²) >= 11 is 7.98. The van der Waals surface area contributed by atoms with Gasteiger partial charge in [-0.05, 0) is 51.8 Å². The highest BCUT2D eigenvalue weighted by molar-refractivity contribution is 9.10. The van der Waals surface area contributed by atoms with Gasteiger partial charge in [0, 0.05) is 16.0 Å². The molecule has 4 aromatic rings. The third kappa shape index (κ3) is 3.08. The van der Waals surface area contributed by atoms with Gasteiger partial charge in [0.05, 0.1) is 28.6 Å². The van der Waals surface area contributed by atoms with Crippen LogP contribution in [0.1, 0.15) is 27.7 Å². The Bertz CT molecular complexity index is 1420. The summed E-state index contributed by atoms with van der Waals surface area (Å²) < 4.78 is 12.3. The van der Waals surface area contributed by atoms with Crippen LogP contribution < -0.4 is 15.1 Å². The lowest BCUT2D eigenvalue weighted by molar-refractivity contribution is 0.0971. The number of rotatable bonds is 3. The number of hydrogen-bond donors (Lipinski definition) is 1. The Morgan fingerprint density at radius 1 is 1.23 bits per heavy atom. The van der Waals surface area contributed by atoms with Gasteiger partial charge in [0.2, 0.25) is 5.76 Å². The average Bonchev–Trinajstić information content (AvgIpc) is 3.37. The van der Waals surface area contributed by atoms with Gasteiger partial charge in [0.25, 0.3) is 5.91 Å². The summed E-state index contributed by atoms with van der Waals surface area (Å²) in [6.45, 7) is 0. The van der Waals surface area contributed by atoms with Crippen LogP contribution in [0.4, 0.5) is 5.13 Å². The van der Waals surface area contributed by atoms with E-state index in [9.17, 15) is 14.7 Å². The number of ether oxygens (including phenoxy) is 1. The van der Waals surface area contributed by atoms with Crippen molar-refractivity contribution in [2.24, 2.45) is 0 Å². The molecule has 3 heterocycles. The van der Waals surface area contributed by atoms with Gasteiger partial charge in [-0.25, -0.2) is 4.98 Å². The maximum Gasteiger partial charge on any atom is 0.297 e. The maximum atomic E-state index is 13.6. The lowest BCUT2D eigenvalue weighted by atomic mass is 9.98. The smallest absolute Gasteiger partial charge is 0.297 e. The van der Waals surface area contributed by atoms with E-state index in [1.54, 1.807) is 41.9 Å². The Balaban J connectivity index is 1.85. The third-order valence-corrected chi connectivity index (χ3v) is 6.91. The van der Waals surface area contributed by atoms with Crippen molar-refractivity contribution in [3.05, 3.63) is 78.0 Å². The zero-order valence-electron chi connectivity index (χ0n) is 15.8. The number of fused-ring (bicyclic) bond motifs is 2. The van der Waals surface area contributed by atoms with Gasteiger partial charge in [0.1, 0.15) is 5.58 Å². The number of methoxy groups -OCH3 is 1. The Morgan fingerprint density at radius 3 is 2.74 bits per heavy atom. The number of hydrogen-bond acceptors (Lipinski definition) is 7. The van der Waals surface area contributed by atoms with Crippen molar-refractivity contribution < 1.29 is 19.1 Å². The first-order valence-electron chi connectivity index (χ1n) is 8.96. The minimum Gasteiger partial charge on any atom is -0.503 e. The van der Waals surface area contributed by atoms with Crippen LogP contribution in [0.2, 0.25) is 0 Å². The zero-order chi connectivity index (χ0) is 21.9. The van der Waals surface area contributed by atoms with Crippen LogP contribution in [-0.4, -0.2) is 23.1 Å². The number of phenolic OH excluding ortho intramolecular Hbond substituents is 1. The minimum absolute atomic E-state index is 0.0248. The number of phenols is 1. The molecule has 0 bridgehead atoms. The molecule has 1 amide bonds. The summed E-state index contributed by atoms with van der Waals surface area (Å²) in [6, 6.07) is 7.50.